The molecule has 3 aromatic heterocycles. The second-order valence-corrected chi connectivity index (χ2v) is 11.4. The monoisotopic (exact) mass is 622 g/mol. The molecule has 3 aromatic rings. The molecule has 3 aliphatic heterocycles. The van der Waals surface area contributed by atoms with E-state index in [-0.39, 0.29) is 17.0 Å². The van der Waals surface area contributed by atoms with Crippen LogP contribution >= 0.6 is 16.1 Å². The van der Waals surface area contributed by atoms with E-state index in [1.165, 1.54) is 10.9 Å². The number of nitrogens with two attached hydrogens (primary N) is 1. The Balaban J connectivity index is 1.29. The molecule has 22 heteroatoms. The number of anilines is 1. The predicted octanol–water partition coefficient (Wildman–Crippen LogP) is 0.00470. The number of halogens is 2. The zero-order chi connectivity index (χ0) is 29.1. The Morgan fingerprint density at radius 3 is 2.63 bits per heavy atom. The van der Waals surface area contributed by atoms with Gasteiger partial charge in [0.05, 0.1) is 12.9 Å². The largest absolute Gasteiger partial charge is 0.697 e. The molecule has 4 N–H and O–H groups in total. The van der Waals surface area contributed by atoms with Gasteiger partial charge in [-0.15, -0.1) is 9.05 Å². The summed E-state index contributed by atoms with van der Waals surface area (Å²) in [6.45, 7) is -1.62. The molecule has 6 heterocycles. The van der Waals surface area contributed by atoms with Crippen molar-refractivity contribution in [1.29, 1.82) is 0 Å². The Labute approximate surface area is 226 Å². The normalized spacial score (nSPS) is 37.3. The number of aromatic amines is 1. The van der Waals surface area contributed by atoms with E-state index in [0.717, 1.165) is 23.2 Å². The van der Waals surface area contributed by atoms with Crippen molar-refractivity contribution in [2.24, 2.45) is 0 Å². The lowest BCUT2D eigenvalue weighted by Crippen LogP contribution is -2.37. The highest BCUT2D eigenvalue weighted by Gasteiger charge is 2.56. The smallest absolute Gasteiger partial charge is 0.382 e. The third-order valence-electron chi connectivity index (χ3n) is 6.53. The Hall–Kier alpha value is -3.06. The van der Waals surface area contributed by atoms with Crippen LogP contribution in [0.3, 0.4) is 0 Å². The number of hydrogen-bond donors (Lipinski definition) is 3. The first-order chi connectivity index (χ1) is 19.5. The fraction of sp³-hybridized carbons (Fsp3) is 0.526. The van der Waals surface area contributed by atoms with E-state index in [1.807, 2.05) is 4.98 Å². The van der Waals surface area contributed by atoms with Crippen LogP contribution in [0.15, 0.2) is 34.5 Å². The van der Waals surface area contributed by atoms with Crippen LogP contribution in [0.5, 0.6) is 0 Å². The van der Waals surface area contributed by atoms with E-state index in [1.54, 1.807) is 0 Å². The summed E-state index contributed by atoms with van der Waals surface area (Å²) >= 11 is 0. The molecule has 0 radical (unpaired) electrons. The highest BCUT2D eigenvalue weighted by Crippen LogP contribution is 2.51. The molecule has 3 saturated heterocycles. The number of phosphoric ester groups is 1. The van der Waals surface area contributed by atoms with Crippen LogP contribution in [-0.2, 0) is 36.7 Å². The Morgan fingerprint density at radius 1 is 1.07 bits per heavy atom. The van der Waals surface area contributed by atoms with Crippen molar-refractivity contribution in [3.05, 3.63) is 45.8 Å². The minimum atomic E-state index is -5.16. The Morgan fingerprint density at radius 2 is 1.85 bits per heavy atom. The summed E-state index contributed by atoms with van der Waals surface area (Å²) in [5.41, 5.74) is 4.24. The van der Waals surface area contributed by atoms with Crippen LogP contribution in [0.1, 0.15) is 12.5 Å². The lowest BCUT2D eigenvalue weighted by Gasteiger charge is -2.24. The van der Waals surface area contributed by atoms with Gasteiger partial charge in [0.2, 0.25) is 0 Å². The van der Waals surface area contributed by atoms with Gasteiger partial charge in [-0.3, -0.25) is 28.0 Å². The van der Waals surface area contributed by atoms with Crippen molar-refractivity contribution in [2.45, 2.75) is 49.2 Å². The average Bonchev–Trinajstić information content (AvgIpc) is 3.57. The highest BCUT2D eigenvalue weighted by molar-refractivity contribution is 7.47. The van der Waals surface area contributed by atoms with Crippen molar-refractivity contribution in [3.63, 3.8) is 0 Å². The third-order valence-corrected chi connectivity index (χ3v) is 8.29. The molecule has 6 rings (SSSR count). The molecule has 2 bridgehead atoms. The molecule has 220 valence electrons. The molecular formula is C19H20F2N7O11P2+. The maximum Gasteiger partial charge on any atom is 0.697 e. The topological polar surface area (TPSA) is 234 Å². The number of hydrogen-bond acceptors (Lipinski definition) is 14. The maximum atomic E-state index is 15.7. The summed E-state index contributed by atoms with van der Waals surface area (Å²) < 4.78 is 90.0. The number of nitrogen functional groups attached to an aromatic ring is 1. The molecular weight excluding hydrogens is 602 g/mol. The van der Waals surface area contributed by atoms with Gasteiger partial charge in [0, 0.05) is 16.8 Å². The van der Waals surface area contributed by atoms with Gasteiger partial charge in [0.25, 0.3) is 5.56 Å². The quantitative estimate of drug-likeness (QED) is 0.319. The van der Waals surface area contributed by atoms with Crippen LogP contribution in [0.4, 0.5) is 14.6 Å². The summed E-state index contributed by atoms with van der Waals surface area (Å²) in [6.07, 6.45) is -10.9. The van der Waals surface area contributed by atoms with E-state index in [2.05, 4.69) is 15.0 Å². The molecule has 0 aliphatic carbocycles. The van der Waals surface area contributed by atoms with Gasteiger partial charge in [-0.1, -0.05) is 0 Å². The lowest BCUT2D eigenvalue weighted by atomic mass is 10.1. The number of fused-ring (bicyclic) bond motifs is 4. The van der Waals surface area contributed by atoms with E-state index in [4.69, 9.17) is 33.3 Å². The molecule has 0 aromatic carbocycles. The molecule has 10 atom stereocenters. The van der Waals surface area contributed by atoms with Gasteiger partial charge >= 0.3 is 21.8 Å². The number of nitrogens with one attached hydrogen (secondary N) is 1. The number of phosphoric acid groups is 1. The number of imidazole rings is 1. The van der Waals surface area contributed by atoms with Crippen LogP contribution < -0.4 is 17.0 Å². The van der Waals surface area contributed by atoms with E-state index in [0.29, 0.717) is 0 Å². The first-order valence-electron chi connectivity index (χ1n) is 11.8. The van der Waals surface area contributed by atoms with Gasteiger partial charge in [0.1, 0.15) is 36.8 Å². The van der Waals surface area contributed by atoms with Crippen LogP contribution in [0.2, 0.25) is 0 Å². The summed E-state index contributed by atoms with van der Waals surface area (Å²) in [6, 6.07) is 0.933. The Bertz CT molecular complexity index is 1650. The van der Waals surface area contributed by atoms with Gasteiger partial charge in [0.15, 0.2) is 42.4 Å². The van der Waals surface area contributed by atoms with E-state index < -0.39 is 89.8 Å². The molecule has 18 nitrogen and oxygen atoms in total. The second kappa shape index (κ2) is 10.6. The van der Waals surface area contributed by atoms with Crippen LogP contribution in [-0.4, -0.2) is 83.9 Å². The minimum Gasteiger partial charge on any atom is -0.382 e. The van der Waals surface area contributed by atoms with Crippen molar-refractivity contribution in [3.8, 4) is 0 Å². The summed E-state index contributed by atoms with van der Waals surface area (Å²) in [5.74, 6) is 0.0181. The number of rotatable bonds is 2. The molecule has 0 saturated carbocycles. The SMILES string of the molecule is Nc1ncnc2c1ncn2[C@@H]1O[C@@H]2COP(=O)(O)O[C@@H]3[C@H](F)[C@@H](CO[P+](=O)O[C@H]2[C@H]1F)O[C@H]3n1ccc(=O)[nH]c1=O. The number of aromatic nitrogens is 6. The van der Waals surface area contributed by atoms with Gasteiger partial charge in [-0.2, -0.15) is 0 Å². The number of ether oxygens (including phenoxy) is 2. The zero-order valence-corrected chi connectivity index (χ0v) is 22.1. The average molecular weight is 622 g/mol. The van der Waals surface area contributed by atoms with E-state index in [9.17, 15) is 23.6 Å². The van der Waals surface area contributed by atoms with Crippen LogP contribution in [0, 0.1) is 0 Å². The highest BCUT2D eigenvalue weighted by atomic mass is 31.2. The predicted molar refractivity (Wildman–Crippen MR) is 128 cm³/mol. The third kappa shape index (κ3) is 5.22. The van der Waals surface area contributed by atoms with Crippen LogP contribution in [0.25, 0.3) is 11.2 Å². The summed E-state index contributed by atoms with van der Waals surface area (Å²) in [4.78, 5) is 48.0. The molecule has 0 amide bonds. The van der Waals surface area contributed by atoms with Gasteiger partial charge in [-0.05, 0) is 0 Å². The van der Waals surface area contributed by atoms with Crippen molar-refractivity contribution in [2.75, 3.05) is 18.9 Å². The molecule has 41 heavy (non-hydrogen) atoms. The molecule has 3 fully saturated rings. The summed E-state index contributed by atoms with van der Waals surface area (Å²) in [7, 11) is -8.30. The first-order valence-corrected chi connectivity index (χ1v) is 14.4. The van der Waals surface area contributed by atoms with Crippen molar-refractivity contribution < 1.29 is 50.4 Å². The second-order valence-electron chi connectivity index (χ2n) is 9.04. The number of nitrogens with zero attached hydrogens (tertiary/aromatic N) is 5. The first kappa shape index (κ1) is 28.1. The van der Waals surface area contributed by atoms with E-state index >= 15 is 8.78 Å². The molecule has 2 unspecified atom stereocenters. The number of H-pyrrole nitrogens is 1. The van der Waals surface area contributed by atoms with Gasteiger partial charge < -0.3 is 20.1 Å². The summed E-state index contributed by atoms with van der Waals surface area (Å²) in [5, 5.41) is 0. The maximum absolute atomic E-state index is 15.7. The van der Waals surface area contributed by atoms with Crippen molar-refractivity contribution >= 4 is 33.1 Å². The fourth-order valence-corrected chi connectivity index (χ4v) is 6.35. The molecule has 3 aliphatic rings. The Kier molecular flexibility index (Phi) is 7.29. The lowest BCUT2D eigenvalue weighted by molar-refractivity contribution is -0.0648. The van der Waals surface area contributed by atoms with Crippen molar-refractivity contribution in [1.82, 2.24) is 29.1 Å². The zero-order valence-electron chi connectivity index (χ0n) is 20.3. The fourth-order valence-electron chi connectivity index (χ4n) is 4.64. The van der Waals surface area contributed by atoms with Gasteiger partial charge in [-0.25, -0.2) is 33.1 Å². The number of alkyl halides is 2. The molecule has 0 spiro atoms. The minimum absolute atomic E-state index is 0.0181. The standard InChI is InChI=1S/C19H19F2N7O11P2/c20-10-7-3-34-40(31)38-13-8(37-17(11(13)21)28-6-25-12-15(22)23-5-24-16(12)28)4-35-41(32,33)39-14(10)18(36-7)27-2-1-9(29)26-19(27)30/h1-2,5-8,10-11,13-14,17-18H,3-4H2,(H3-,22,23,24,26,29,30,32,33)/p+1/t7-,8-,10-,11-,13-,14-,17-,18-/m1/s1.